The number of carbonyl (C=O) groups excluding carboxylic acids is 2. The van der Waals surface area contributed by atoms with E-state index in [4.69, 9.17) is 4.74 Å². The normalized spacial score (nSPS) is 28.2. The Balaban J connectivity index is 1.85. The molecule has 0 spiro atoms. The van der Waals surface area contributed by atoms with Crippen LogP contribution in [0.3, 0.4) is 0 Å². The minimum Gasteiger partial charge on any atom is -0.444 e. The number of nitrogens with zero attached hydrogens (tertiary/aromatic N) is 2. The van der Waals surface area contributed by atoms with Gasteiger partial charge in [-0.05, 0) is 33.6 Å². The molecule has 2 rings (SSSR count). The Bertz CT molecular complexity index is 370. The first-order valence-corrected chi connectivity index (χ1v) is 8.08. The van der Waals surface area contributed by atoms with Gasteiger partial charge in [0.1, 0.15) is 11.9 Å². The average Bonchev–Trinajstić information content (AvgIpc) is 2.45. The second kappa shape index (κ2) is 6.77. The number of amides is 1. The molecule has 21 heavy (non-hydrogen) atoms. The summed E-state index contributed by atoms with van der Waals surface area (Å²) >= 11 is 0. The summed E-state index contributed by atoms with van der Waals surface area (Å²) in [6, 6.07) is 0.372. The van der Waals surface area contributed by atoms with Crippen molar-refractivity contribution in [3.8, 4) is 0 Å². The van der Waals surface area contributed by atoms with Gasteiger partial charge in [-0.2, -0.15) is 0 Å². The first kappa shape index (κ1) is 16.3. The van der Waals surface area contributed by atoms with Crippen LogP contribution in [0, 0.1) is 5.92 Å². The number of ether oxygens (including phenoxy) is 1. The summed E-state index contributed by atoms with van der Waals surface area (Å²) in [5.74, 6) is 0.173. The van der Waals surface area contributed by atoms with E-state index in [9.17, 15) is 9.59 Å². The van der Waals surface area contributed by atoms with E-state index in [0.717, 1.165) is 38.6 Å². The number of carbonyl (C=O) groups is 2. The molecule has 1 saturated carbocycles. The molecule has 120 valence electrons. The Morgan fingerprint density at radius 1 is 1.10 bits per heavy atom. The zero-order chi connectivity index (χ0) is 15.5. The van der Waals surface area contributed by atoms with Crippen molar-refractivity contribution in [2.75, 3.05) is 26.2 Å². The summed E-state index contributed by atoms with van der Waals surface area (Å²) in [5.41, 5.74) is -0.444. The van der Waals surface area contributed by atoms with Gasteiger partial charge in [0.05, 0.1) is 0 Å². The zero-order valence-electron chi connectivity index (χ0n) is 13.5. The van der Waals surface area contributed by atoms with E-state index in [2.05, 4.69) is 4.90 Å². The lowest BCUT2D eigenvalue weighted by molar-refractivity contribution is -0.114. The molecular weight excluding hydrogens is 268 g/mol. The highest BCUT2D eigenvalue weighted by Gasteiger charge is 2.33. The number of hydrogen-bond donors (Lipinski definition) is 0. The quantitative estimate of drug-likeness (QED) is 0.734. The molecule has 0 aromatic heterocycles. The first-order valence-electron chi connectivity index (χ1n) is 8.08. The van der Waals surface area contributed by atoms with Crippen molar-refractivity contribution in [1.82, 2.24) is 9.80 Å². The van der Waals surface area contributed by atoms with Gasteiger partial charge in [-0.15, -0.1) is 0 Å². The van der Waals surface area contributed by atoms with Crippen molar-refractivity contribution in [2.45, 2.75) is 58.1 Å². The molecule has 5 nitrogen and oxygen atoms in total. The van der Waals surface area contributed by atoms with E-state index in [-0.39, 0.29) is 12.0 Å². The molecule has 0 aromatic rings. The second-order valence-corrected chi connectivity index (χ2v) is 7.16. The first-order chi connectivity index (χ1) is 9.90. The van der Waals surface area contributed by atoms with Crippen molar-refractivity contribution in [3.63, 3.8) is 0 Å². The fourth-order valence-corrected chi connectivity index (χ4v) is 3.31. The van der Waals surface area contributed by atoms with Crippen LogP contribution in [0.4, 0.5) is 4.79 Å². The van der Waals surface area contributed by atoms with Crippen LogP contribution in [0.2, 0.25) is 0 Å². The fourth-order valence-electron chi connectivity index (χ4n) is 3.31. The Kier molecular flexibility index (Phi) is 5.25. The Hall–Kier alpha value is -1.10. The van der Waals surface area contributed by atoms with Gasteiger partial charge in [-0.1, -0.05) is 12.8 Å². The molecule has 2 unspecified atom stereocenters. The van der Waals surface area contributed by atoms with Crippen LogP contribution >= 0.6 is 0 Å². The van der Waals surface area contributed by atoms with Crippen LogP contribution in [-0.4, -0.2) is 60.0 Å². The molecule has 1 aliphatic carbocycles. The molecule has 2 aliphatic rings. The zero-order valence-corrected chi connectivity index (χ0v) is 13.5. The monoisotopic (exact) mass is 296 g/mol. The van der Waals surface area contributed by atoms with Gasteiger partial charge in [-0.25, -0.2) is 4.79 Å². The van der Waals surface area contributed by atoms with Crippen LogP contribution in [-0.2, 0) is 9.53 Å². The molecule has 0 bridgehead atoms. The third-order valence-corrected chi connectivity index (χ3v) is 4.39. The van der Waals surface area contributed by atoms with E-state index < -0.39 is 5.60 Å². The third-order valence-electron chi connectivity index (χ3n) is 4.39. The minimum absolute atomic E-state index is 0.173. The molecular formula is C16H28N2O3. The maximum Gasteiger partial charge on any atom is 0.410 e. The molecule has 2 atom stereocenters. The van der Waals surface area contributed by atoms with E-state index in [1.807, 2.05) is 20.8 Å². The maximum atomic E-state index is 12.0. The van der Waals surface area contributed by atoms with Gasteiger partial charge in [-0.3, -0.25) is 4.90 Å². The van der Waals surface area contributed by atoms with Gasteiger partial charge >= 0.3 is 6.09 Å². The van der Waals surface area contributed by atoms with Crippen LogP contribution in [0.15, 0.2) is 0 Å². The van der Waals surface area contributed by atoms with E-state index in [0.29, 0.717) is 19.1 Å². The highest BCUT2D eigenvalue weighted by atomic mass is 16.6. The number of hydrogen-bond acceptors (Lipinski definition) is 4. The highest BCUT2D eigenvalue weighted by Crippen LogP contribution is 2.28. The number of aldehydes is 1. The van der Waals surface area contributed by atoms with E-state index in [1.54, 1.807) is 4.90 Å². The van der Waals surface area contributed by atoms with Gasteiger partial charge in [0, 0.05) is 38.1 Å². The molecule has 1 aliphatic heterocycles. The van der Waals surface area contributed by atoms with Crippen LogP contribution in [0.25, 0.3) is 0 Å². The lowest BCUT2D eigenvalue weighted by atomic mass is 9.84. The predicted octanol–water partition coefficient (Wildman–Crippen LogP) is 2.30. The summed E-state index contributed by atoms with van der Waals surface area (Å²) in [4.78, 5) is 27.4. The second-order valence-electron chi connectivity index (χ2n) is 7.16. The largest absolute Gasteiger partial charge is 0.444 e. The fraction of sp³-hybridized carbons (Fsp3) is 0.875. The topological polar surface area (TPSA) is 49.9 Å². The molecule has 0 radical (unpaired) electrons. The standard InChI is InChI=1S/C16H28N2O3/c1-16(2,3)21-15(20)18-10-8-17(9-11-18)14-7-5-4-6-13(14)12-19/h12-14H,4-11H2,1-3H3. The van der Waals surface area contributed by atoms with E-state index in [1.165, 1.54) is 6.42 Å². The maximum absolute atomic E-state index is 12.0. The van der Waals surface area contributed by atoms with Crippen molar-refractivity contribution in [1.29, 1.82) is 0 Å². The molecule has 0 N–H and O–H groups in total. The summed E-state index contributed by atoms with van der Waals surface area (Å²) in [6.07, 6.45) is 5.40. The molecule has 1 heterocycles. The van der Waals surface area contributed by atoms with Gasteiger partial charge in [0.2, 0.25) is 0 Å². The Labute approximate surface area is 127 Å². The molecule has 0 aromatic carbocycles. The highest BCUT2D eigenvalue weighted by molar-refractivity contribution is 5.68. The molecule has 2 fully saturated rings. The lowest BCUT2D eigenvalue weighted by Gasteiger charge is -2.42. The van der Waals surface area contributed by atoms with Crippen LogP contribution in [0.1, 0.15) is 46.5 Å². The lowest BCUT2D eigenvalue weighted by Crippen LogP contribution is -2.55. The van der Waals surface area contributed by atoms with Crippen molar-refractivity contribution >= 4 is 12.4 Å². The van der Waals surface area contributed by atoms with Crippen LogP contribution in [0.5, 0.6) is 0 Å². The minimum atomic E-state index is -0.444. The molecule has 1 saturated heterocycles. The van der Waals surface area contributed by atoms with Crippen molar-refractivity contribution in [3.05, 3.63) is 0 Å². The summed E-state index contributed by atoms with van der Waals surface area (Å²) < 4.78 is 5.41. The summed E-state index contributed by atoms with van der Waals surface area (Å²) in [5, 5.41) is 0. The smallest absolute Gasteiger partial charge is 0.410 e. The van der Waals surface area contributed by atoms with Crippen LogP contribution < -0.4 is 0 Å². The third kappa shape index (κ3) is 4.43. The number of piperazine rings is 1. The van der Waals surface area contributed by atoms with Crippen molar-refractivity contribution in [2.24, 2.45) is 5.92 Å². The average molecular weight is 296 g/mol. The molecule has 5 heteroatoms. The Morgan fingerprint density at radius 2 is 1.71 bits per heavy atom. The number of rotatable bonds is 2. The SMILES string of the molecule is CC(C)(C)OC(=O)N1CCN(C2CCCCC2C=O)CC1. The summed E-state index contributed by atoms with van der Waals surface area (Å²) in [7, 11) is 0. The van der Waals surface area contributed by atoms with Gasteiger partial charge < -0.3 is 14.4 Å². The van der Waals surface area contributed by atoms with Gasteiger partial charge in [0.15, 0.2) is 0 Å². The summed E-state index contributed by atoms with van der Waals surface area (Å²) in [6.45, 7) is 8.73. The molecule has 1 amide bonds. The predicted molar refractivity (Wildman–Crippen MR) is 81.2 cm³/mol. The van der Waals surface area contributed by atoms with E-state index >= 15 is 0 Å². The van der Waals surface area contributed by atoms with Gasteiger partial charge in [0.25, 0.3) is 0 Å². The van der Waals surface area contributed by atoms with Crippen molar-refractivity contribution < 1.29 is 14.3 Å². The Morgan fingerprint density at radius 3 is 2.29 bits per heavy atom.